The van der Waals surface area contributed by atoms with Gasteiger partial charge in [0.05, 0.1) is 5.69 Å². The van der Waals surface area contributed by atoms with E-state index >= 15 is 0 Å². The van der Waals surface area contributed by atoms with Crippen molar-refractivity contribution in [3.8, 4) is 0 Å². The summed E-state index contributed by atoms with van der Waals surface area (Å²) in [7, 11) is 0. The number of aliphatic hydroxyl groups is 1. The Labute approximate surface area is 159 Å². The topological polar surface area (TPSA) is 39.6 Å². The van der Waals surface area contributed by atoms with Crippen LogP contribution in [-0.4, -0.2) is 52.2 Å². The van der Waals surface area contributed by atoms with Gasteiger partial charge in [0, 0.05) is 56.1 Å². The lowest BCUT2D eigenvalue weighted by Gasteiger charge is -2.41. The van der Waals surface area contributed by atoms with Gasteiger partial charge in [0.25, 0.3) is 0 Å². The first-order valence-electron chi connectivity index (χ1n) is 8.99. The number of hydrogen-bond acceptors (Lipinski definition) is 4. The third-order valence-corrected chi connectivity index (χ3v) is 5.22. The van der Waals surface area contributed by atoms with Crippen molar-refractivity contribution in [2.24, 2.45) is 0 Å². The molecule has 2 heterocycles. The molecular formula is C20H25ClFN3O. The van der Waals surface area contributed by atoms with Gasteiger partial charge in [0.2, 0.25) is 0 Å². The molecule has 1 N–H and O–H groups in total. The number of pyridine rings is 1. The second-order valence-corrected chi connectivity index (χ2v) is 7.28. The first-order valence-corrected chi connectivity index (χ1v) is 9.36. The summed E-state index contributed by atoms with van der Waals surface area (Å²) in [6.07, 6.45) is 0.722. The third-order valence-electron chi connectivity index (χ3n) is 4.87. The summed E-state index contributed by atoms with van der Waals surface area (Å²) < 4.78 is 13.2. The average molecular weight is 378 g/mol. The van der Waals surface area contributed by atoms with Crippen LogP contribution in [0.25, 0.3) is 0 Å². The van der Waals surface area contributed by atoms with Crippen LogP contribution >= 0.6 is 11.6 Å². The lowest BCUT2D eigenvalue weighted by atomic mass is 10.1. The number of piperazine rings is 1. The number of nitrogens with zero attached hydrogens (tertiary/aromatic N) is 3. The highest BCUT2D eigenvalue weighted by Gasteiger charge is 2.27. The number of aliphatic hydroxyl groups excluding tert-OH is 1. The van der Waals surface area contributed by atoms with Crippen LogP contribution in [0.2, 0.25) is 5.02 Å². The fourth-order valence-electron chi connectivity index (χ4n) is 3.52. The molecule has 2 aromatic rings. The fourth-order valence-corrected chi connectivity index (χ4v) is 3.75. The molecule has 140 valence electrons. The Bertz CT molecular complexity index is 743. The van der Waals surface area contributed by atoms with Gasteiger partial charge in [-0.3, -0.25) is 14.8 Å². The van der Waals surface area contributed by atoms with Crippen LogP contribution in [0.5, 0.6) is 0 Å². The van der Waals surface area contributed by atoms with E-state index in [1.54, 1.807) is 6.07 Å². The van der Waals surface area contributed by atoms with E-state index in [1.165, 1.54) is 12.1 Å². The molecule has 0 unspecified atom stereocenters. The van der Waals surface area contributed by atoms with E-state index in [1.807, 2.05) is 25.1 Å². The smallest absolute Gasteiger partial charge is 0.124 e. The number of halogens is 2. The zero-order valence-electron chi connectivity index (χ0n) is 15.0. The molecule has 4 nitrogen and oxygen atoms in total. The van der Waals surface area contributed by atoms with Gasteiger partial charge in [0.15, 0.2) is 0 Å². The third kappa shape index (κ3) is 5.01. The van der Waals surface area contributed by atoms with Crippen LogP contribution in [0.1, 0.15) is 23.4 Å². The highest BCUT2D eigenvalue weighted by molar-refractivity contribution is 6.31. The van der Waals surface area contributed by atoms with Crippen LogP contribution in [0.15, 0.2) is 36.4 Å². The minimum atomic E-state index is -0.313. The van der Waals surface area contributed by atoms with E-state index in [0.717, 1.165) is 49.6 Å². The molecular weight excluding hydrogens is 353 g/mol. The molecule has 0 bridgehead atoms. The normalized spacial score (nSPS) is 19.0. The maximum Gasteiger partial charge on any atom is 0.124 e. The first kappa shape index (κ1) is 19.2. The van der Waals surface area contributed by atoms with Gasteiger partial charge in [-0.1, -0.05) is 23.7 Å². The quantitative estimate of drug-likeness (QED) is 0.838. The lowest BCUT2D eigenvalue weighted by molar-refractivity contribution is 0.0491. The summed E-state index contributed by atoms with van der Waals surface area (Å²) in [5.74, 6) is -0.313. The van der Waals surface area contributed by atoms with Crippen LogP contribution in [0, 0.1) is 12.7 Å². The lowest BCUT2D eigenvalue weighted by Crippen LogP contribution is -2.52. The van der Waals surface area contributed by atoms with Crippen LogP contribution in [0.4, 0.5) is 4.39 Å². The first-order chi connectivity index (χ1) is 12.5. The molecule has 1 aliphatic heterocycles. The zero-order chi connectivity index (χ0) is 18.5. The predicted molar refractivity (Wildman–Crippen MR) is 102 cm³/mol. The van der Waals surface area contributed by atoms with Crippen LogP contribution in [0.3, 0.4) is 0 Å². The van der Waals surface area contributed by atoms with Gasteiger partial charge < -0.3 is 5.11 Å². The van der Waals surface area contributed by atoms with E-state index in [9.17, 15) is 9.50 Å². The summed E-state index contributed by atoms with van der Waals surface area (Å²) in [6, 6.07) is 10.9. The van der Waals surface area contributed by atoms with E-state index in [2.05, 4.69) is 14.8 Å². The molecule has 0 radical (unpaired) electrons. The van der Waals surface area contributed by atoms with Crippen molar-refractivity contribution >= 4 is 11.6 Å². The standard InChI is InChI=1S/C20H25ClFN3O/c1-15-3-2-4-18(23-15)13-25-9-8-24(14-19(25)7-10-26)12-16-5-6-17(22)11-20(16)21/h2-6,11,19,26H,7-10,12-14H2,1H3/t19-/m1/s1. The van der Waals surface area contributed by atoms with Crippen molar-refractivity contribution in [2.75, 3.05) is 26.2 Å². The van der Waals surface area contributed by atoms with E-state index in [-0.39, 0.29) is 18.5 Å². The van der Waals surface area contributed by atoms with Crippen molar-refractivity contribution in [1.29, 1.82) is 0 Å². The minimum absolute atomic E-state index is 0.160. The Kier molecular flexibility index (Phi) is 6.59. The Morgan fingerprint density at radius 3 is 2.81 bits per heavy atom. The highest BCUT2D eigenvalue weighted by atomic mass is 35.5. The van der Waals surface area contributed by atoms with Crippen molar-refractivity contribution < 1.29 is 9.50 Å². The second kappa shape index (κ2) is 8.91. The molecule has 1 atom stereocenters. The van der Waals surface area contributed by atoms with Crippen LogP contribution < -0.4 is 0 Å². The molecule has 1 aliphatic rings. The van der Waals surface area contributed by atoms with Gasteiger partial charge in [-0.2, -0.15) is 0 Å². The number of hydrogen-bond donors (Lipinski definition) is 1. The van der Waals surface area contributed by atoms with Crippen molar-refractivity contribution in [3.05, 3.63) is 64.2 Å². The molecule has 1 aromatic carbocycles. The molecule has 3 rings (SSSR count). The number of benzene rings is 1. The molecule has 1 saturated heterocycles. The summed E-state index contributed by atoms with van der Waals surface area (Å²) >= 11 is 6.17. The van der Waals surface area contributed by atoms with E-state index < -0.39 is 0 Å². The van der Waals surface area contributed by atoms with Gasteiger partial charge >= 0.3 is 0 Å². The molecule has 0 spiro atoms. The molecule has 0 aliphatic carbocycles. The Hall–Kier alpha value is -1.53. The number of aryl methyl sites for hydroxylation is 1. The van der Waals surface area contributed by atoms with Crippen molar-refractivity contribution in [2.45, 2.75) is 32.5 Å². The van der Waals surface area contributed by atoms with E-state index in [0.29, 0.717) is 11.6 Å². The zero-order valence-corrected chi connectivity index (χ0v) is 15.8. The molecule has 26 heavy (non-hydrogen) atoms. The van der Waals surface area contributed by atoms with Gasteiger partial charge in [-0.15, -0.1) is 0 Å². The molecule has 6 heteroatoms. The van der Waals surface area contributed by atoms with Crippen molar-refractivity contribution in [1.82, 2.24) is 14.8 Å². The maximum atomic E-state index is 13.2. The summed E-state index contributed by atoms with van der Waals surface area (Å²) in [4.78, 5) is 9.31. The molecule has 0 saturated carbocycles. The fraction of sp³-hybridized carbons (Fsp3) is 0.450. The van der Waals surface area contributed by atoms with Gasteiger partial charge in [-0.05, 0) is 43.2 Å². The minimum Gasteiger partial charge on any atom is -0.396 e. The Morgan fingerprint density at radius 2 is 2.08 bits per heavy atom. The van der Waals surface area contributed by atoms with Gasteiger partial charge in [0.1, 0.15) is 5.82 Å². The SMILES string of the molecule is Cc1cccc(CN2CCN(Cc3ccc(F)cc3Cl)C[C@H]2CCO)n1. The highest BCUT2D eigenvalue weighted by Crippen LogP contribution is 2.22. The van der Waals surface area contributed by atoms with Crippen molar-refractivity contribution in [3.63, 3.8) is 0 Å². The Morgan fingerprint density at radius 1 is 1.23 bits per heavy atom. The van der Waals surface area contributed by atoms with Gasteiger partial charge in [-0.25, -0.2) is 4.39 Å². The summed E-state index contributed by atoms with van der Waals surface area (Å²) in [5.41, 5.74) is 3.01. The predicted octanol–water partition coefficient (Wildman–Crippen LogP) is 3.25. The molecule has 0 amide bonds. The van der Waals surface area contributed by atoms with E-state index in [4.69, 9.17) is 11.6 Å². The average Bonchev–Trinajstić information content (AvgIpc) is 2.60. The number of rotatable bonds is 6. The molecule has 1 fully saturated rings. The molecule has 1 aromatic heterocycles. The number of aromatic nitrogens is 1. The van der Waals surface area contributed by atoms with Crippen LogP contribution in [-0.2, 0) is 13.1 Å². The Balaban J connectivity index is 1.65. The summed E-state index contributed by atoms with van der Waals surface area (Å²) in [6.45, 7) is 6.29. The summed E-state index contributed by atoms with van der Waals surface area (Å²) in [5, 5.41) is 9.94. The largest absolute Gasteiger partial charge is 0.396 e. The monoisotopic (exact) mass is 377 g/mol. The maximum absolute atomic E-state index is 13.2. The second-order valence-electron chi connectivity index (χ2n) is 6.88.